The van der Waals surface area contributed by atoms with Crippen molar-refractivity contribution in [3.8, 4) is 0 Å². The normalized spacial score (nSPS) is 16.1. The second kappa shape index (κ2) is 6.14. The van der Waals surface area contributed by atoms with Gasteiger partial charge >= 0.3 is 11.9 Å². The second-order valence-electron chi connectivity index (χ2n) is 4.94. The molecule has 0 aromatic rings. The molecule has 0 amide bonds. The van der Waals surface area contributed by atoms with Crippen LogP contribution in [0.5, 0.6) is 0 Å². The van der Waals surface area contributed by atoms with Gasteiger partial charge in [0.25, 0.3) is 0 Å². The van der Waals surface area contributed by atoms with Gasteiger partial charge in [-0.15, -0.1) is 0 Å². The Hall–Kier alpha value is -0.440. The van der Waals surface area contributed by atoms with E-state index in [1.165, 1.54) is 27.7 Å². The molecule has 0 aliphatic carbocycles. The first-order valence-electron chi connectivity index (χ1n) is 5.10. The molecule has 0 spiro atoms. The highest BCUT2D eigenvalue weighted by Crippen LogP contribution is 2.39. The number of carbonyl (C=O) groups is 2. The lowest BCUT2D eigenvalue weighted by atomic mass is 10.1. The van der Waals surface area contributed by atoms with E-state index in [9.17, 15) is 19.8 Å². The molecule has 0 saturated heterocycles. The molecule has 0 radical (unpaired) electrons. The van der Waals surface area contributed by atoms with Crippen LogP contribution in [0.4, 0.5) is 0 Å². The molecule has 0 saturated carbocycles. The molecule has 106 valence electrons. The first-order valence-corrected chi connectivity index (χ1v) is 7.37. The molecular formula is C10H18O6S2. The molecule has 6 nitrogen and oxygen atoms in total. The minimum Gasteiger partial charge on any atom is -0.480 e. The molecule has 18 heavy (non-hydrogen) atoms. The highest BCUT2D eigenvalue weighted by atomic mass is 33.1. The van der Waals surface area contributed by atoms with Crippen molar-refractivity contribution < 1.29 is 30.0 Å². The number of aliphatic hydroxyl groups is 2. The van der Waals surface area contributed by atoms with Gasteiger partial charge in [0.15, 0.2) is 0 Å². The van der Waals surface area contributed by atoms with Crippen molar-refractivity contribution in [2.24, 2.45) is 0 Å². The molecule has 0 fully saturated rings. The van der Waals surface area contributed by atoms with Crippen LogP contribution in [0.1, 0.15) is 27.7 Å². The molecule has 0 aromatic heterocycles. The summed E-state index contributed by atoms with van der Waals surface area (Å²) in [6.07, 6.45) is 0. The van der Waals surface area contributed by atoms with E-state index in [4.69, 9.17) is 10.2 Å². The van der Waals surface area contributed by atoms with Gasteiger partial charge in [-0.3, -0.25) is 9.59 Å². The maximum absolute atomic E-state index is 11.0. The van der Waals surface area contributed by atoms with Gasteiger partial charge in [0.2, 0.25) is 0 Å². The lowest BCUT2D eigenvalue weighted by Gasteiger charge is -2.29. The first-order chi connectivity index (χ1) is 7.87. The van der Waals surface area contributed by atoms with E-state index in [2.05, 4.69) is 0 Å². The van der Waals surface area contributed by atoms with Crippen molar-refractivity contribution in [1.29, 1.82) is 0 Å². The molecule has 0 aromatic carbocycles. The zero-order chi connectivity index (χ0) is 14.7. The topological polar surface area (TPSA) is 115 Å². The van der Waals surface area contributed by atoms with Crippen LogP contribution >= 0.6 is 21.6 Å². The van der Waals surface area contributed by atoms with Crippen LogP contribution in [0.3, 0.4) is 0 Å². The predicted molar refractivity (Wildman–Crippen MR) is 70.6 cm³/mol. The van der Waals surface area contributed by atoms with Gasteiger partial charge in [0, 0.05) is 0 Å². The molecule has 0 bridgehead atoms. The smallest absolute Gasteiger partial charge is 0.320 e. The standard InChI is InChI=1S/C10H18O6S2/c1-9(2,15)5(7(11)12)17-18-6(8(13)14)10(3,4)16/h5-6,15-16H,1-4H3,(H,11,12)(H,13,14). The maximum Gasteiger partial charge on any atom is 0.320 e. The van der Waals surface area contributed by atoms with Crippen LogP contribution in [0.2, 0.25) is 0 Å². The van der Waals surface area contributed by atoms with Crippen molar-refractivity contribution in [2.45, 2.75) is 49.4 Å². The monoisotopic (exact) mass is 298 g/mol. The number of carboxylic acid groups (broad SMARTS) is 2. The average molecular weight is 298 g/mol. The van der Waals surface area contributed by atoms with Crippen LogP contribution in [-0.4, -0.2) is 54.1 Å². The molecule has 2 unspecified atom stereocenters. The van der Waals surface area contributed by atoms with E-state index in [-0.39, 0.29) is 0 Å². The fraction of sp³-hybridized carbons (Fsp3) is 0.800. The largest absolute Gasteiger partial charge is 0.480 e. The van der Waals surface area contributed by atoms with Gasteiger partial charge in [-0.2, -0.15) is 0 Å². The van der Waals surface area contributed by atoms with Crippen molar-refractivity contribution in [1.82, 2.24) is 0 Å². The molecule has 4 N–H and O–H groups in total. The third-order valence-corrected chi connectivity index (χ3v) is 5.52. The first kappa shape index (κ1) is 17.6. The van der Waals surface area contributed by atoms with E-state index in [1.54, 1.807) is 0 Å². The Morgan fingerprint density at radius 2 is 1.06 bits per heavy atom. The Morgan fingerprint density at radius 1 is 0.833 bits per heavy atom. The van der Waals surface area contributed by atoms with Gasteiger partial charge in [-0.25, -0.2) is 0 Å². The summed E-state index contributed by atoms with van der Waals surface area (Å²) in [5.41, 5.74) is -2.99. The minimum atomic E-state index is -1.49. The molecule has 2 atom stereocenters. The summed E-state index contributed by atoms with van der Waals surface area (Å²) in [5, 5.41) is 34.9. The number of hydrogen-bond donors (Lipinski definition) is 4. The van der Waals surface area contributed by atoms with Gasteiger partial charge in [-0.05, 0) is 27.7 Å². The number of aliphatic carboxylic acids is 2. The van der Waals surface area contributed by atoms with E-state index in [0.29, 0.717) is 0 Å². The van der Waals surface area contributed by atoms with E-state index in [0.717, 1.165) is 21.6 Å². The molecule has 0 rings (SSSR count). The summed E-state index contributed by atoms with van der Waals surface area (Å²) >= 11 is 0. The summed E-state index contributed by atoms with van der Waals surface area (Å²) in [6, 6.07) is 0. The maximum atomic E-state index is 11.0. The fourth-order valence-electron chi connectivity index (χ4n) is 1.03. The van der Waals surface area contributed by atoms with Gasteiger partial charge in [0.1, 0.15) is 10.5 Å². The molecular weight excluding hydrogens is 280 g/mol. The third-order valence-electron chi connectivity index (χ3n) is 1.98. The zero-order valence-corrected chi connectivity index (χ0v) is 12.2. The summed E-state index contributed by atoms with van der Waals surface area (Å²) < 4.78 is 0. The third kappa shape index (κ3) is 5.47. The van der Waals surface area contributed by atoms with Crippen LogP contribution in [0.25, 0.3) is 0 Å². The van der Waals surface area contributed by atoms with E-state index in [1.807, 2.05) is 0 Å². The average Bonchev–Trinajstić information content (AvgIpc) is 2.05. The molecule has 0 heterocycles. The fourth-order valence-corrected chi connectivity index (χ4v) is 4.46. The summed E-state index contributed by atoms with van der Waals surface area (Å²) in [6.45, 7) is 5.33. The molecule has 0 aliphatic heterocycles. The summed E-state index contributed by atoms with van der Waals surface area (Å²) in [5.74, 6) is -2.47. The van der Waals surface area contributed by atoms with Crippen molar-refractivity contribution in [3.05, 3.63) is 0 Å². The predicted octanol–water partition coefficient (Wildman–Crippen LogP) is 0.816. The van der Waals surface area contributed by atoms with Crippen LogP contribution < -0.4 is 0 Å². The Labute approximate surface area is 113 Å². The lowest BCUT2D eigenvalue weighted by Crippen LogP contribution is -2.42. The number of rotatable bonds is 7. The number of hydrogen-bond acceptors (Lipinski definition) is 6. The Bertz CT molecular complexity index is 285. The highest BCUT2D eigenvalue weighted by Gasteiger charge is 2.39. The van der Waals surface area contributed by atoms with Crippen LogP contribution in [0.15, 0.2) is 0 Å². The molecule has 0 aliphatic rings. The summed E-state index contributed by atoms with van der Waals surface area (Å²) in [4.78, 5) is 21.9. The van der Waals surface area contributed by atoms with Gasteiger partial charge < -0.3 is 20.4 Å². The number of carboxylic acids is 2. The van der Waals surface area contributed by atoms with Crippen LogP contribution in [-0.2, 0) is 9.59 Å². The van der Waals surface area contributed by atoms with Gasteiger partial charge in [0.05, 0.1) is 11.2 Å². The SMILES string of the molecule is CC(C)(O)C(SSC(C(=O)O)C(C)(C)O)C(=O)O. The Kier molecular flexibility index (Phi) is 5.99. The second-order valence-corrected chi connectivity index (χ2v) is 7.42. The Balaban J connectivity index is 4.80. The van der Waals surface area contributed by atoms with E-state index < -0.39 is 33.6 Å². The lowest BCUT2D eigenvalue weighted by molar-refractivity contribution is -0.141. The minimum absolute atomic E-state index is 0.726. The zero-order valence-electron chi connectivity index (χ0n) is 10.6. The Morgan fingerprint density at radius 3 is 1.17 bits per heavy atom. The van der Waals surface area contributed by atoms with Crippen molar-refractivity contribution >= 4 is 33.5 Å². The quantitative estimate of drug-likeness (QED) is 0.511. The van der Waals surface area contributed by atoms with E-state index >= 15 is 0 Å². The highest BCUT2D eigenvalue weighted by molar-refractivity contribution is 8.77. The van der Waals surface area contributed by atoms with Gasteiger partial charge in [-0.1, -0.05) is 21.6 Å². The molecule has 8 heteroatoms. The summed E-state index contributed by atoms with van der Waals surface area (Å²) in [7, 11) is 1.45. The van der Waals surface area contributed by atoms with Crippen molar-refractivity contribution in [3.63, 3.8) is 0 Å². The van der Waals surface area contributed by atoms with Crippen LogP contribution in [0, 0.1) is 0 Å². The van der Waals surface area contributed by atoms with Crippen molar-refractivity contribution in [2.75, 3.05) is 0 Å².